The Morgan fingerprint density at radius 3 is 2.55 bits per heavy atom. The maximum Gasteiger partial charge on any atom is 0.170 e. The Bertz CT molecular complexity index is 936. The molecule has 0 aromatic carbocycles. The van der Waals surface area contributed by atoms with Crippen LogP contribution in [0.5, 0.6) is 0 Å². The van der Waals surface area contributed by atoms with Crippen molar-refractivity contribution in [2.24, 2.45) is 7.05 Å². The number of aryl methyl sites for hydroxylation is 1. The monoisotopic (exact) mass is 267 g/mol. The highest BCUT2D eigenvalue weighted by molar-refractivity contribution is 5.88. The van der Waals surface area contributed by atoms with Crippen LogP contribution >= 0.6 is 0 Å². The molecule has 0 radical (unpaired) electrons. The number of nitrogens with two attached hydrogens (primary N) is 1. The standard InChI is InChI=1S/C11H9N9/c1-19-9-7(3-17-19)11(16-5-14-9)20-10-6(2-18-20)8(12)13-4-15-10/h2-5H,1H3,(H2,12,13,15). The predicted octanol–water partition coefficient (Wildman–Crippen LogP) is 0.0744. The predicted molar refractivity (Wildman–Crippen MR) is 70.9 cm³/mol. The van der Waals surface area contributed by atoms with Crippen molar-refractivity contribution in [1.29, 1.82) is 0 Å². The lowest BCUT2D eigenvalue weighted by atomic mass is 10.4. The van der Waals surface area contributed by atoms with E-state index in [1.165, 1.54) is 12.7 Å². The van der Waals surface area contributed by atoms with Crippen molar-refractivity contribution < 1.29 is 0 Å². The lowest BCUT2D eigenvalue weighted by Gasteiger charge is -2.03. The summed E-state index contributed by atoms with van der Waals surface area (Å²) in [4.78, 5) is 16.6. The van der Waals surface area contributed by atoms with E-state index in [0.717, 1.165) is 11.0 Å². The van der Waals surface area contributed by atoms with Gasteiger partial charge in [0, 0.05) is 7.05 Å². The molecule has 0 amide bonds. The molecule has 0 spiro atoms. The molecule has 4 heterocycles. The van der Waals surface area contributed by atoms with Crippen LogP contribution in [0.25, 0.3) is 27.9 Å². The summed E-state index contributed by atoms with van der Waals surface area (Å²) in [7, 11) is 1.82. The van der Waals surface area contributed by atoms with Crippen LogP contribution in [0.2, 0.25) is 0 Å². The van der Waals surface area contributed by atoms with Crippen LogP contribution in [-0.2, 0) is 7.05 Å². The highest BCUT2D eigenvalue weighted by Crippen LogP contribution is 2.22. The fraction of sp³-hybridized carbons (Fsp3) is 0.0909. The average Bonchev–Trinajstić information content (AvgIpc) is 3.04. The van der Waals surface area contributed by atoms with E-state index in [4.69, 9.17) is 5.73 Å². The Hall–Kier alpha value is -3.10. The van der Waals surface area contributed by atoms with Gasteiger partial charge in [0.05, 0.1) is 23.2 Å². The number of nitrogens with zero attached hydrogens (tertiary/aromatic N) is 8. The fourth-order valence-electron chi connectivity index (χ4n) is 2.14. The van der Waals surface area contributed by atoms with E-state index in [-0.39, 0.29) is 0 Å². The van der Waals surface area contributed by atoms with E-state index in [0.29, 0.717) is 22.7 Å². The van der Waals surface area contributed by atoms with Crippen molar-refractivity contribution in [2.75, 3.05) is 5.73 Å². The molecule has 9 heteroatoms. The maximum atomic E-state index is 5.81. The molecule has 4 aromatic heterocycles. The summed E-state index contributed by atoms with van der Waals surface area (Å²) in [5, 5.41) is 9.94. The van der Waals surface area contributed by atoms with Gasteiger partial charge in [0.15, 0.2) is 17.1 Å². The van der Waals surface area contributed by atoms with Crippen molar-refractivity contribution in [3.63, 3.8) is 0 Å². The number of aromatic nitrogens is 8. The lowest BCUT2D eigenvalue weighted by molar-refractivity contribution is 0.784. The lowest BCUT2D eigenvalue weighted by Crippen LogP contribution is -2.03. The minimum absolute atomic E-state index is 0.387. The van der Waals surface area contributed by atoms with Crippen molar-refractivity contribution in [3.8, 4) is 5.82 Å². The van der Waals surface area contributed by atoms with Crippen LogP contribution in [0, 0.1) is 0 Å². The Morgan fingerprint density at radius 1 is 0.900 bits per heavy atom. The van der Waals surface area contributed by atoms with Crippen LogP contribution in [-0.4, -0.2) is 39.5 Å². The second-order valence-corrected chi connectivity index (χ2v) is 4.26. The zero-order valence-electron chi connectivity index (χ0n) is 10.5. The first-order valence-corrected chi connectivity index (χ1v) is 5.83. The van der Waals surface area contributed by atoms with Gasteiger partial charge >= 0.3 is 0 Å². The minimum Gasteiger partial charge on any atom is -0.383 e. The number of rotatable bonds is 1. The van der Waals surface area contributed by atoms with Gasteiger partial charge in [-0.3, -0.25) is 4.68 Å². The number of nitrogen functional groups attached to an aromatic ring is 1. The van der Waals surface area contributed by atoms with Crippen LogP contribution in [0.1, 0.15) is 0 Å². The zero-order valence-corrected chi connectivity index (χ0v) is 10.5. The van der Waals surface area contributed by atoms with Gasteiger partial charge in [-0.15, -0.1) is 0 Å². The minimum atomic E-state index is 0.387. The van der Waals surface area contributed by atoms with Gasteiger partial charge in [-0.2, -0.15) is 14.9 Å². The van der Waals surface area contributed by atoms with Gasteiger partial charge in [-0.25, -0.2) is 19.9 Å². The summed E-state index contributed by atoms with van der Waals surface area (Å²) in [5.74, 6) is 0.994. The van der Waals surface area contributed by atoms with E-state index >= 15 is 0 Å². The molecule has 0 bridgehead atoms. The molecule has 4 aromatic rings. The molecule has 0 fully saturated rings. The smallest absolute Gasteiger partial charge is 0.170 e. The van der Waals surface area contributed by atoms with Gasteiger partial charge in [0.25, 0.3) is 0 Å². The fourth-order valence-corrected chi connectivity index (χ4v) is 2.14. The third-order valence-corrected chi connectivity index (χ3v) is 3.11. The normalized spacial score (nSPS) is 11.4. The van der Waals surface area contributed by atoms with E-state index < -0.39 is 0 Å². The highest BCUT2D eigenvalue weighted by Gasteiger charge is 2.14. The molecule has 0 aliphatic rings. The van der Waals surface area contributed by atoms with Gasteiger partial charge < -0.3 is 5.73 Å². The van der Waals surface area contributed by atoms with Crippen molar-refractivity contribution >= 4 is 27.9 Å². The molecule has 4 rings (SSSR count). The topological polar surface area (TPSA) is 113 Å². The van der Waals surface area contributed by atoms with E-state index in [1.807, 2.05) is 7.05 Å². The van der Waals surface area contributed by atoms with Gasteiger partial charge in [0.2, 0.25) is 0 Å². The summed E-state index contributed by atoms with van der Waals surface area (Å²) < 4.78 is 3.29. The molecule has 0 aliphatic carbocycles. The summed E-state index contributed by atoms with van der Waals surface area (Å²) in [6.07, 6.45) is 6.19. The number of fused-ring (bicyclic) bond motifs is 2. The molecule has 2 N–H and O–H groups in total. The molecule has 20 heavy (non-hydrogen) atoms. The highest BCUT2D eigenvalue weighted by atomic mass is 15.3. The van der Waals surface area contributed by atoms with Crippen LogP contribution in [0.3, 0.4) is 0 Å². The van der Waals surface area contributed by atoms with Crippen molar-refractivity contribution in [2.45, 2.75) is 0 Å². The van der Waals surface area contributed by atoms with Gasteiger partial charge in [-0.05, 0) is 0 Å². The number of anilines is 1. The van der Waals surface area contributed by atoms with E-state index in [2.05, 4.69) is 30.1 Å². The summed E-state index contributed by atoms with van der Waals surface area (Å²) in [6, 6.07) is 0. The largest absolute Gasteiger partial charge is 0.383 e. The van der Waals surface area contributed by atoms with Crippen LogP contribution < -0.4 is 5.73 Å². The molecule has 0 atom stereocenters. The van der Waals surface area contributed by atoms with Gasteiger partial charge in [0.1, 0.15) is 18.5 Å². The van der Waals surface area contributed by atoms with E-state index in [1.54, 1.807) is 21.8 Å². The van der Waals surface area contributed by atoms with Crippen LogP contribution in [0.15, 0.2) is 25.0 Å². The second kappa shape index (κ2) is 3.70. The number of hydrogen-bond donors (Lipinski definition) is 1. The summed E-state index contributed by atoms with van der Waals surface area (Å²) in [6.45, 7) is 0. The maximum absolute atomic E-state index is 5.81. The first-order valence-electron chi connectivity index (χ1n) is 5.83. The first kappa shape index (κ1) is 10.8. The molecular formula is C11H9N9. The Labute approximate surface area is 112 Å². The molecule has 0 saturated heterocycles. The molecule has 0 aliphatic heterocycles. The number of hydrogen-bond acceptors (Lipinski definition) is 7. The summed E-state index contributed by atoms with van der Waals surface area (Å²) in [5.41, 5.74) is 7.13. The molecule has 0 unspecified atom stereocenters. The average molecular weight is 267 g/mol. The quantitative estimate of drug-likeness (QED) is 0.519. The second-order valence-electron chi connectivity index (χ2n) is 4.26. The van der Waals surface area contributed by atoms with Crippen LogP contribution in [0.4, 0.5) is 5.82 Å². The Kier molecular flexibility index (Phi) is 1.99. The van der Waals surface area contributed by atoms with Crippen molar-refractivity contribution in [1.82, 2.24) is 39.5 Å². The Morgan fingerprint density at radius 2 is 1.65 bits per heavy atom. The summed E-state index contributed by atoms with van der Waals surface area (Å²) >= 11 is 0. The SMILES string of the molecule is Cn1ncc2c(-n3ncc4c(N)ncnc43)ncnc21. The molecule has 9 nitrogen and oxygen atoms in total. The van der Waals surface area contributed by atoms with E-state index in [9.17, 15) is 0 Å². The Balaban J connectivity index is 2.09. The third kappa shape index (κ3) is 1.31. The van der Waals surface area contributed by atoms with Gasteiger partial charge in [-0.1, -0.05) is 0 Å². The molecule has 0 saturated carbocycles. The first-order chi connectivity index (χ1) is 9.75. The molecule has 98 valence electrons. The van der Waals surface area contributed by atoms with Crippen molar-refractivity contribution in [3.05, 3.63) is 25.0 Å². The third-order valence-electron chi connectivity index (χ3n) is 3.11. The zero-order chi connectivity index (χ0) is 13.7. The molecular weight excluding hydrogens is 258 g/mol.